The molecule has 0 aromatic carbocycles. The molecule has 3 fully saturated rings. The van der Waals surface area contributed by atoms with E-state index in [0.717, 1.165) is 24.2 Å². The van der Waals surface area contributed by atoms with Gasteiger partial charge in [0.1, 0.15) is 17.7 Å². The van der Waals surface area contributed by atoms with Crippen LogP contribution < -0.4 is 10.9 Å². The highest BCUT2D eigenvalue weighted by Crippen LogP contribution is 2.38. The van der Waals surface area contributed by atoms with Crippen LogP contribution in [-0.2, 0) is 16.1 Å². The molecule has 4 amide bonds. The molecule has 3 aliphatic rings. The minimum atomic E-state index is -0.847. The standard InChI is InChI=1S/C24H30N6O4/c1-17-6-2-4-8-24(17)22(33)30(23(34)26-24)16-21(32)28-12-10-27(11-13-28)15-18-14-20(31)29-9-5-3-7-19(29)25-18/h3,5,7,9,14,17H,2,4,6,8,10-13,15-16H2,1H3,(H,26,34)/t17-,24-/m1/s1. The minimum Gasteiger partial charge on any atom is -0.339 e. The zero-order valence-electron chi connectivity index (χ0n) is 19.4. The molecule has 180 valence electrons. The Morgan fingerprint density at radius 3 is 2.71 bits per heavy atom. The Balaban J connectivity index is 1.18. The Bertz CT molecular complexity index is 1190. The second-order valence-electron chi connectivity index (χ2n) is 9.61. The molecule has 0 bridgehead atoms. The van der Waals surface area contributed by atoms with Crippen LogP contribution in [0.3, 0.4) is 0 Å². The molecular formula is C24H30N6O4. The van der Waals surface area contributed by atoms with Crippen LogP contribution in [-0.4, -0.2) is 80.2 Å². The summed E-state index contributed by atoms with van der Waals surface area (Å²) in [5.41, 5.74) is 0.340. The molecule has 2 aromatic rings. The van der Waals surface area contributed by atoms with Gasteiger partial charge in [-0.25, -0.2) is 9.78 Å². The van der Waals surface area contributed by atoms with Gasteiger partial charge in [-0.05, 0) is 30.9 Å². The lowest BCUT2D eigenvalue weighted by Crippen LogP contribution is -2.54. The van der Waals surface area contributed by atoms with Gasteiger partial charge in [-0.1, -0.05) is 25.8 Å². The van der Waals surface area contributed by atoms with Crippen LogP contribution in [0.5, 0.6) is 0 Å². The molecule has 1 spiro atoms. The molecule has 0 radical (unpaired) electrons. The normalized spacial score (nSPS) is 25.9. The molecule has 0 unspecified atom stereocenters. The highest BCUT2D eigenvalue weighted by Gasteiger charge is 2.55. The van der Waals surface area contributed by atoms with Gasteiger partial charge in [-0.15, -0.1) is 0 Å². The lowest BCUT2D eigenvalue weighted by atomic mass is 9.73. The first kappa shape index (κ1) is 22.5. The van der Waals surface area contributed by atoms with E-state index in [2.05, 4.69) is 15.2 Å². The number of carbonyl (C=O) groups is 3. The van der Waals surface area contributed by atoms with Crippen molar-refractivity contribution in [3.63, 3.8) is 0 Å². The van der Waals surface area contributed by atoms with Crippen LogP contribution in [0.25, 0.3) is 5.65 Å². The maximum Gasteiger partial charge on any atom is 0.325 e. The van der Waals surface area contributed by atoms with Crippen molar-refractivity contribution in [2.45, 2.75) is 44.7 Å². The summed E-state index contributed by atoms with van der Waals surface area (Å²) in [6.07, 6.45) is 5.18. The van der Waals surface area contributed by atoms with Crippen LogP contribution in [0.2, 0.25) is 0 Å². The van der Waals surface area contributed by atoms with E-state index in [1.54, 1.807) is 29.3 Å². The maximum atomic E-state index is 13.1. The fourth-order valence-corrected chi connectivity index (χ4v) is 5.44. The third kappa shape index (κ3) is 3.96. The maximum absolute atomic E-state index is 13.1. The largest absolute Gasteiger partial charge is 0.339 e. The van der Waals surface area contributed by atoms with Gasteiger partial charge in [0.05, 0.1) is 5.69 Å². The topological polar surface area (TPSA) is 107 Å². The second-order valence-corrected chi connectivity index (χ2v) is 9.61. The number of aromatic nitrogens is 2. The fourth-order valence-electron chi connectivity index (χ4n) is 5.44. The lowest BCUT2D eigenvalue weighted by molar-refractivity contribution is -0.141. The Morgan fingerprint density at radius 1 is 1.15 bits per heavy atom. The molecule has 5 rings (SSSR count). The summed E-state index contributed by atoms with van der Waals surface area (Å²) < 4.78 is 1.51. The van der Waals surface area contributed by atoms with Crippen molar-refractivity contribution in [1.29, 1.82) is 0 Å². The number of carbonyl (C=O) groups excluding carboxylic acids is 3. The van der Waals surface area contributed by atoms with Gasteiger partial charge in [0.2, 0.25) is 5.91 Å². The molecule has 2 aliphatic heterocycles. The summed E-state index contributed by atoms with van der Waals surface area (Å²) in [5, 5.41) is 2.90. The van der Waals surface area contributed by atoms with Crippen molar-refractivity contribution in [2.24, 2.45) is 5.92 Å². The number of pyridine rings is 1. The molecule has 1 saturated carbocycles. The molecule has 2 aromatic heterocycles. The summed E-state index contributed by atoms with van der Waals surface area (Å²) >= 11 is 0. The van der Waals surface area contributed by atoms with E-state index >= 15 is 0 Å². The van der Waals surface area contributed by atoms with E-state index in [0.29, 0.717) is 50.5 Å². The van der Waals surface area contributed by atoms with Crippen LogP contribution >= 0.6 is 0 Å². The molecule has 2 saturated heterocycles. The third-order valence-electron chi connectivity index (χ3n) is 7.53. The van der Waals surface area contributed by atoms with E-state index in [1.165, 1.54) is 4.40 Å². The SMILES string of the molecule is C[C@@H]1CCCC[C@@]12NC(=O)N(CC(=O)N1CCN(Cc3cc(=O)n4ccccc4n3)CC1)C2=O. The molecule has 1 aliphatic carbocycles. The zero-order chi connectivity index (χ0) is 23.9. The first-order chi connectivity index (χ1) is 16.4. The Hall–Kier alpha value is -3.27. The monoisotopic (exact) mass is 466 g/mol. The van der Waals surface area contributed by atoms with E-state index < -0.39 is 11.6 Å². The Labute approximate surface area is 197 Å². The van der Waals surface area contributed by atoms with Crippen molar-refractivity contribution in [3.05, 3.63) is 46.5 Å². The van der Waals surface area contributed by atoms with E-state index in [-0.39, 0.29) is 29.8 Å². The number of rotatable bonds is 4. The number of nitrogens with zero attached hydrogens (tertiary/aromatic N) is 5. The van der Waals surface area contributed by atoms with Crippen molar-refractivity contribution < 1.29 is 14.4 Å². The molecular weight excluding hydrogens is 436 g/mol. The van der Waals surface area contributed by atoms with Gasteiger partial charge in [-0.2, -0.15) is 0 Å². The summed E-state index contributed by atoms with van der Waals surface area (Å²) in [6.45, 7) is 4.55. The molecule has 4 heterocycles. The molecule has 34 heavy (non-hydrogen) atoms. The average Bonchev–Trinajstić information content (AvgIpc) is 3.06. The van der Waals surface area contributed by atoms with Crippen LogP contribution in [0, 0.1) is 5.92 Å². The number of hydrogen-bond acceptors (Lipinski definition) is 6. The third-order valence-corrected chi connectivity index (χ3v) is 7.53. The Kier molecular flexibility index (Phi) is 5.85. The van der Waals surface area contributed by atoms with E-state index in [9.17, 15) is 19.2 Å². The van der Waals surface area contributed by atoms with Gasteiger partial charge < -0.3 is 10.2 Å². The molecule has 2 atom stereocenters. The fraction of sp³-hybridized carbons (Fsp3) is 0.542. The predicted molar refractivity (Wildman–Crippen MR) is 124 cm³/mol. The van der Waals surface area contributed by atoms with Crippen molar-refractivity contribution in [1.82, 2.24) is 29.4 Å². The van der Waals surface area contributed by atoms with Gasteiger partial charge in [0, 0.05) is 45.0 Å². The number of urea groups is 1. The van der Waals surface area contributed by atoms with E-state index in [4.69, 9.17) is 0 Å². The number of nitrogens with one attached hydrogen (secondary N) is 1. The number of fused-ring (bicyclic) bond motifs is 1. The molecule has 1 N–H and O–H groups in total. The minimum absolute atomic E-state index is 0.0677. The summed E-state index contributed by atoms with van der Waals surface area (Å²) in [4.78, 5) is 60.5. The molecule has 10 heteroatoms. The van der Waals surface area contributed by atoms with Gasteiger partial charge in [0.25, 0.3) is 11.5 Å². The second kappa shape index (κ2) is 8.83. The van der Waals surface area contributed by atoms with Crippen LogP contribution in [0.1, 0.15) is 38.3 Å². The molecule has 10 nitrogen and oxygen atoms in total. The number of amides is 4. The zero-order valence-corrected chi connectivity index (χ0v) is 19.4. The lowest BCUT2D eigenvalue weighted by Gasteiger charge is -2.37. The highest BCUT2D eigenvalue weighted by molar-refractivity contribution is 6.09. The summed E-state index contributed by atoms with van der Waals surface area (Å²) in [5.74, 6) is -0.408. The van der Waals surface area contributed by atoms with E-state index in [1.807, 2.05) is 13.0 Å². The van der Waals surface area contributed by atoms with Crippen molar-refractivity contribution in [2.75, 3.05) is 32.7 Å². The average molecular weight is 467 g/mol. The van der Waals surface area contributed by atoms with Gasteiger partial charge in [0.15, 0.2) is 0 Å². The highest BCUT2D eigenvalue weighted by atomic mass is 16.2. The quantitative estimate of drug-likeness (QED) is 0.670. The first-order valence-corrected chi connectivity index (χ1v) is 12.0. The smallest absolute Gasteiger partial charge is 0.325 e. The summed E-state index contributed by atoms with van der Waals surface area (Å²) in [7, 11) is 0. The number of hydrogen-bond donors (Lipinski definition) is 1. The Morgan fingerprint density at radius 2 is 1.94 bits per heavy atom. The van der Waals surface area contributed by atoms with Crippen molar-refractivity contribution in [3.8, 4) is 0 Å². The van der Waals surface area contributed by atoms with Crippen molar-refractivity contribution >= 4 is 23.5 Å². The van der Waals surface area contributed by atoms with Crippen LogP contribution in [0.15, 0.2) is 35.3 Å². The summed E-state index contributed by atoms with van der Waals surface area (Å²) in [6, 6.07) is 6.53. The number of piperazine rings is 1. The number of imide groups is 1. The first-order valence-electron chi connectivity index (χ1n) is 12.0. The van der Waals surface area contributed by atoms with Gasteiger partial charge >= 0.3 is 6.03 Å². The van der Waals surface area contributed by atoms with Gasteiger partial charge in [-0.3, -0.25) is 28.6 Å². The van der Waals surface area contributed by atoms with Crippen LogP contribution in [0.4, 0.5) is 4.79 Å². The predicted octanol–water partition coefficient (Wildman–Crippen LogP) is 0.839.